The highest BCUT2D eigenvalue weighted by Gasteiger charge is 2.20. The average Bonchev–Trinajstić information content (AvgIpc) is 2.22. The summed E-state index contributed by atoms with van der Waals surface area (Å²) in [6, 6.07) is -0.951. The molecule has 18 heavy (non-hydrogen) atoms. The van der Waals surface area contributed by atoms with Gasteiger partial charge in [0.2, 0.25) is 5.91 Å². The number of aliphatic carboxylic acids is 1. The minimum absolute atomic E-state index is 0.126. The Kier molecular flexibility index (Phi) is 8.19. The van der Waals surface area contributed by atoms with Gasteiger partial charge in [-0.2, -0.15) is 0 Å². The Labute approximate surface area is 105 Å². The van der Waals surface area contributed by atoms with E-state index in [4.69, 9.17) is 5.11 Å². The van der Waals surface area contributed by atoms with E-state index in [1.54, 1.807) is 0 Å². The molecule has 0 fully saturated rings. The fourth-order valence-corrected chi connectivity index (χ4v) is 1.30. The third kappa shape index (κ3) is 8.86. The van der Waals surface area contributed by atoms with Crippen LogP contribution < -0.4 is 5.32 Å². The molecule has 0 unspecified atom stereocenters. The number of hydrogen-bond donors (Lipinski definition) is 2. The summed E-state index contributed by atoms with van der Waals surface area (Å²) in [5.41, 5.74) is 0. The molecule has 0 heterocycles. The van der Waals surface area contributed by atoms with E-state index in [-0.39, 0.29) is 18.9 Å². The van der Waals surface area contributed by atoms with Crippen molar-refractivity contribution in [3.05, 3.63) is 0 Å². The van der Waals surface area contributed by atoms with E-state index in [9.17, 15) is 18.4 Å². The smallest absolute Gasteiger partial charge is 0.326 e. The molecule has 0 aliphatic heterocycles. The molecular weight excluding hydrogens is 248 g/mol. The van der Waals surface area contributed by atoms with Crippen LogP contribution in [-0.2, 0) is 14.3 Å². The maximum atomic E-state index is 11.7. The van der Waals surface area contributed by atoms with Crippen molar-refractivity contribution in [2.24, 2.45) is 5.92 Å². The van der Waals surface area contributed by atoms with Gasteiger partial charge in [0.15, 0.2) is 0 Å². The number of amides is 1. The lowest BCUT2D eigenvalue weighted by atomic mass is 10.0. The van der Waals surface area contributed by atoms with Gasteiger partial charge in [0.1, 0.15) is 12.6 Å². The highest BCUT2D eigenvalue weighted by molar-refractivity contribution is 5.83. The second kappa shape index (κ2) is 8.79. The molecule has 0 saturated heterocycles. The predicted molar refractivity (Wildman–Crippen MR) is 60.5 cm³/mol. The number of rotatable bonds is 9. The Hall–Kier alpha value is -1.24. The first kappa shape index (κ1) is 16.8. The Morgan fingerprint density at radius 2 is 1.94 bits per heavy atom. The minimum Gasteiger partial charge on any atom is -0.480 e. The lowest BCUT2D eigenvalue weighted by molar-refractivity contribution is -0.142. The fourth-order valence-electron chi connectivity index (χ4n) is 1.30. The lowest BCUT2D eigenvalue weighted by Crippen LogP contribution is -2.41. The van der Waals surface area contributed by atoms with E-state index in [0.717, 1.165) is 0 Å². The van der Waals surface area contributed by atoms with Gasteiger partial charge in [0.25, 0.3) is 6.43 Å². The highest BCUT2D eigenvalue weighted by Crippen LogP contribution is 2.05. The third-order valence-electron chi connectivity index (χ3n) is 2.06. The van der Waals surface area contributed by atoms with E-state index < -0.39 is 31.0 Å². The van der Waals surface area contributed by atoms with Gasteiger partial charge in [-0.15, -0.1) is 0 Å². The van der Waals surface area contributed by atoms with Gasteiger partial charge in [-0.3, -0.25) is 4.79 Å². The quantitative estimate of drug-likeness (QED) is 0.617. The molecule has 0 aromatic carbocycles. The SMILES string of the molecule is CC(C)C[C@H](NC(=O)CCOCC(F)F)C(=O)O. The normalized spacial score (nSPS) is 12.8. The molecule has 5 nitrogen and oxygen atoms in total. The van der Waals surface area contributed by atoms with Crippen molar-refractivity contribution in [3.8, 4) is 0 Å². The van der Waals surface area contributed by atoms with Crippen LogP contribution in [0.15, 0.2) is 0 Å². The van der Waals surface area contributed by atoms with E-state index >= 15 is 0 Å². The Morgan fingerprint density at radius 3 is 2.39 bits per heavy atom. The molecule has 1 atom stereocenters. The summed E-state index contributed by atoms with van der Waals surface area (Å²) in [5, 5.41) is 11.2. The van der Waals surface area contributed by atoms with Crippen LogP contribution >= 0.6 is 0 Å². The molecule has 0 aliphatic carbocycles. The molecule has 0 saturated carbocycles. The lowest BCUT2D eigenvalue weighted by Gasteiger charge is -2.16. The van der Waals surface area contributed by atoms with Crippen molar-refractivity contribution in [2.45, 2.75) is 39.2 Å². The van der Waals surface area contributed by atoms with Crippen LogP contribution in [0.25, 0.3) is 0 Å². The van der Waals surface area contributed by atoms with E-state index in [2.05, 4.69) is 10.1 Å². The number of carboxylic acids is 1. The van der Waals surface area contributed by atoms with Crippen LogP contribution in [0.2, 0.25) is 0 Å². The van der Waals surface area contributed by atoms with Crippen molar-refractivity contribution in [1.82, 2.24) is 5.32 Å². The molecule has 0 spiro atoms. The van der Waals surface area contributed by atoms with Crippen LogP contribution in [0.3, 0.4) is 0 Å². The number of ether oxygens (including phenoxy) is 1. The van der Waals surface area contributed by atoms with Crippen molar-refractivity contribution < 1.29 is 28.2 Å². The standard InChI is InChI=1S/C11H19F2NO4/c1-7(2)5-8(11(16)17)14-10(15)3-4-18-6-9(12)13/h7-9H,3-6H2,1-2H3,(H,14,15)(H,16,17)/t8-/m0/s1. The number of nitrogens with one attached hydrogen (secondary N) is 1. The number of alkyl halides is 2. The summed E-state index contributed by atoms with van der Waals surface area (Å²) in [4.78, 5) is 22.2. The zero-order valence-electron chi connectivity index (χ0n) is 10.5. The summed E-state index contributed by atoms with van der Waals surface area (Å²) in [5.74, 6) is -1.50. The molecule has 2 N–H and O–H groups in total. The Morgan fingerprint density at radius 1 is 1.33 bits per heavy atom. The summed E-state index contributed by atoms with van der Waals surface area (Å²) < 4.78 is 28.0. The van der Waals surface area contributed by atoms with Crippen LogP contribution in [0, 0.1) is 5.92 Å². The molecule has 0 bridgehead atoms. The molecule has 0 aliphatic rings. The molecule has 7 heteroatoms. The molecular formula is C11H19F2NO4. The topological polar surface area (TPSA) is 75.6 Å². The molecule has 0 rings (SSSR count). The first-order valence-electron chi connectivity index (χ1n) is 5.71. The third-order valence-corrected chi connectivity index (χ3v) is 2.06. The van der Waals surface area contributed by atoms with Gasteiger partial charge in [0, 0.05) is 6.42 Å². The van der Waals surface area contributed by atoms with Gasteiger partial charge >= 0.3 is 5.97 Å². The first-order valence-corrected chi connectivity index (χ1v) is 5.71. The average molecular weight is 267 g/mol. The summed E-state index contributed by atoms with van der Waals surface area (Å²) in [7, 11) is 0. The van der Waals surface area contributed by atoms with E-state index in [1.807, 2.05) is 13.8 Å². The predicted octanol–water partition coefficient (Wildman–Crippen LogP) is 1.27. The zero-order chi connectivity index (χ0) is 14.1. The molecule has 0 aromatic heterocycles. The van der Waals surface area contributed by atoms with Crippen molar-refractivity contribution >= 4 is 11.9 Å². The summed E-state index contributed by atoms with van der Waals surface area (Å²) in [6.45, 7) is 2.81. The van der Waals surface area contributed by atoms with Crippen molar-refractivity contribution in [2.75, 3.05) is 13.2 Å². The number of carboxylic acid groups (broad SMARTS) is 1. The van der Waals surface area contributed by atoms with Crippen LogP contribution in [0.5, 0.6) is 0 Å². The van der Waals surface area contributed by atoms with Gasteiger partial charge in [-0.05, 0) is 12.3 Å². The van der Waals surface area contributed by atoms with Crippen molar-refractivity contribution in [3.63, 3.8) is 0 Å². The summed E-state index contributed by atoms with van der Waals surface area (Å²) in [6.07, 6.45) is -2.38. The maximum Gasteiger partial charge on any atom is 0.326 e. The van der Waals surface area contributed by atoms with Gasteiger partial charge in [0.05, 0.1) is 6.61 Å². The maximum absolute atomic E-state index is 11.7. The number of halogens is 2. The van der Waals surface area contributed by atoms with Gasteiger partial charge in [-0.25, -0.2) is 13.6 Å². The van der Waals surface area contributed by atoms with Crippen molar-refractivity contribution in [1.29, 1.82) is 0 Å². The number of hydrogen-bond acceptors (Lipinski definition) is 3. The monoisotopic (exact) mass is 267 g/mol. The second-order valence-electron chi connectivity index (χ2n) is 4.30. The first-order chi connectivity index (χ1) is 8.32. The minimum atomic E-state index is -2.57. The van der Waals surface area contributed by atoms with Gasteiger partial charge in [-0.1, -0.05) is 13.8 Å². The molecule has 0 aromatic rings. The highest BCUT2D eigenvalue weighted by atomic mass is 19.3. The van der Waals surface area contributed by atoms with Gasteiger partial charge < -0.3 is 15.2 Å². The van der Waals surface area contributed by atoms with Crippen LogP contribution in [0.4, 0.5) is 8.78 Å². The Balaban J connectivity index is 3.92. The molecule has 0 radical (unpaired) electrons. The molecule has 1 amide bonds. The Bertz CT molecular complexity index is 272. The van der Waals surface area contributed by atoms with E-state index in [0.29, 0.717) is 6.42 Å². The fraction of sp³-hybridized carbons (Fsp3) is 0.818. The molecule has 106 valence electrons. The zero-order valence-corrected chi connectivity index (χ0v) is 10.5. The van der Waals surface area contributed by atoms with Crippen LogP contribution in [0.1, 0.15) is 26.7 Å². The van der Waals surface area contributed by atoms with Crippen LogP contribution in [-0.4, -0.2) is 42.7 Å². The largest absolute Gasteiger partial charge is 0.480 e. The summed E-state index contributed by atoms with van der Waals surface area (Å²) >= 11 is 0. The second-order valence-corrected chi connectivity index (χ2v) is 4.30. The number of carbonyl (C=O) groups excluding carboxylic acids is 1. The van der Waals surface area contributed by atoms with E-state index in [1.165, 1.54) is 0 Å². The number of carbonyl (C=O) groups is 2.